The second kappa shape index (κ2) is 10.4. The average molecular weight is 610 g/mol. The highest BCUT2D eigenvalue weighted by atomic mass is 16.6. The van der Waals surface area contributed by atoms with Gasteiger partial charge in [0.25, 0.3) is 0 Å². The van der Waals surface area contributed by atoms with Crippen LogP contribution in [0.1, 0.15) is 61.9 Å². The standard InChI is InChI=1S/C35H47NO8/c1-6-14-43-28(37)15-21-10-8-9-11-22(21)31(38)44-32-13-12-27(41-4)34-25(32)17-24(29(34)36(7-2)19-32)33(39)18-20(3)23-16-26(34)35(33,40)30(23)42-5/h6,8-11,20,23-27,29-30,39-40H,1,7,12-19H2,2-5H3/t20-,23+,24?,25?,26?,27-,29+,30-,32+,33-,34?,35-/m0/s1. The van der Waals surface area contributed by atoms with Crippen molar-refractivity contribution in [3.8, 4) is 0 Å². The number of likely N-dealkylation sites (N-methyl/N-ethyl adjacent to an activating group) is 1. The van der Waals surface area contributed by atoms with Crippen molar-refractivity contribution in [2.45, 2.75) is 87.4 Å². The fraction of sp³-hybridized carbons (Fsp3) is 0.714. The number of carbonyl (C=O) groups is 2. The highest BCUT2D eigenvalue weighted by Gasteiger charge is 2.88. The van der Waals surface area contributed by atoms with Crippen molar-refractivity contribution >= 4 is 11.9 Å². The van der Waals surface area contributed by atoms with E-state index in [0.717, 1.165) is 13.0 Å². The van der Waals surface area contributed by atoms with Gasteiger partial charge in [-0.2, -0.15) is 0 Å². The zero-order valence-electron chi connectivity index (χ0n) is 26.4. The number of benzene rings is 1. The highest BCUT2D eigenvalue weighted by Crippen LogP contribution is 2.79. The smallest absolute Gasteiger partial charge is 0.339 e. The van der Waals surface area contributed by atoms with Gasteiger partial charge in [-0.3, -0.25) is 9.69 Å². The molecule has 4 unspecified atom stereocenters. The molecule has 240 valence electrons. The largest absolute Gasteiger partial charge is 0.461 e. The van der Waals surface area contributed by atoms with E-state index in [1.165, 1.54) is 6.08 Å². The lowest BCUT2D eigenvalue weighted by atomic mass is 9.43. The second-order valence-electron chi connectivity index (χ2n) is 14.5. The molecule has 44 heavy (non-hydrogen) atoms. The lowest BCUT2D eigenvalue weighted by molar-refractivity contribution is -0.335. The maximum atomic E-state index is 14.2. The molecule has 1 aromatic rings. The average Bonchev–Trinajstić information content (AvgIpc) is 3.44. The molecule has 0 radical (unpaired) electrons. The Morgan fingerprint density at radius 3 is 2.61 bits per heavy atom. The summed E-state index contributed by atoms with van der Waals surface area (Å²) in [7, 11) is 3.43. The van der Waals surface area contributed by atoms with Gasteiger partial charge in [-0.05, 0) is 62.1 Å². The van der Waals surface area contributed by atoms with Gasteiger partial charge in [-0.25, -0.2) is 4.79 Å². The summed E-state index contributed by atoms with van der Waals surface area (Å²) in [5.41, 5.74) is -3.16. The summed E-state index contributed by atoms with van der Waals surface area (Å²) in [6.45, 7) is 9.32. The number of hydrogen-bond donors (Lipinski definition) is 2. The normalized spacial score (nSPS) is 46.4. The molecule has 2 N–H and O–H groups in total. The summed E-state index contributed by atoms with van der Waals surface area (Å²) < 4.78 is 24.4. The molecule has 1 aromatic carbocycles. The number of carbonyl (C=O) groups excluding carboxylic acids is 2. The van der Waals surface area contributed by atoms with Gasteiger partial charge in [-0.1, -0.05) is 44.7 Å². The fourth-order valence-corrected chi connectivity index (χ4v) is 12.0. The maximum absolute atomic E-state index is 14.2. The first-order valence-electron chi connectivity index (χ1n) is 16.4. The molecule has 1 heterocycles. The van der Waals surface area contributed by atoms with Crippen LogP contribution < -0.4 is 0 Å². The molecule has 7 rings (SSSR count). The summed E-state index contributed by atoms with van der Waals surface area (Å²) in [4.78, 5) is 29.1. The van der Waals surface area contributed by atoms with Crippen LogP contribution in [-0.4, -0.2) is 96.0 Å². The highest BCUT2D eigenvalue weighted by molar-refractivity contribution is 5.93. The summed E-state index contributed by atoms with van der Waals surface area (Å²) in [6.07, 6.45) is 4.10. The van der Waals surface area contributed by atoms with E-state index in [2.05, 4.69) is 25.3 Å². The van der Waals surface area contributed by atoms with Gasteiger partial charge in [-0.15, -0.1) is 0 Å². The van der Waals surface area contributed by atoms with Crippen LogP contribution in [0, 0.1) is 35.0 Å². The van der Waals surface area contributed by atoms with Crippen LogP contribution in [0.2, 0.25) is 0 Å². The number of fused-ring (bicyclic) bond motifs is 2. The third-order valence-electron chi connectivity index (χ3n) is 13.2. The van der Waals surface area contributed by atoms with E-state index in [1.807, 2.05) is 0 Å². The Morgan fingerprint density at radius 1 is 1.14 bits per heavy atom. The lowest BCUT2D eigenvalue weighted by Gasteiger charge is -2.70. The number of nitrogens with zero attached hydrogens (tertiary/aromatic N) is 1. The minimum absolute atomic E-state index is 0.00155. The molecule has 0 amide bonds. The predicted molar refractivity (Wildman–Crippen MR) is 161 cm³/mol. The number of aliphatic hydroxyl groups is 2. The molecular weight excluding hydrogens is 562 g/mol. The van der Waals surface area contributed by atoms with Crippen molar-refractivity contribution in [2.75, 3.05) is 33.9 Å². The first-order chi connectivity index (χ1) is 21.1. The Hall–Kier alpha value is -2.30. The molecule has 1 spiro atoms. The molecule has 5 saturated carbocycles. The summed E-state index contributed by atoms with van der Waals surface area (Å²) in [5, 5.41) is 25.7. The van der Waals surface area contributed by atoms with Crippen LogP contribution in [0.4, 0.5) is 0 Å². The maximum Gasteiger partial charge on any atom is 0.339 e. The van der Waals surface area contributed by atoms with E-state index in [9.17, 15) is 19.8 Å². The van der Waals surface area contributed by atoms with Crippen molar-refractivity contribution in [2.24, 2.45) is 35.0 Å². The Morgan fingerprint density at radius 2 is 1.91 bits per heavy atom. The van der Waals surface area contributed by atoms with Gasteiger partial charge >= 0.3 is 11.9 Å². The quantitative estimate of drug-likeness (QED) is 0.322. The van der Waals surface area contributed by atoms with Crippen LogP contribution in [0.15, 0.2) is 36.9 Å². The number of hydrogen-bond acceptors (Lipinski definition) is 9. The van der Waals surface area contributed by atoms with Gasteiger partial charge in [0.15, 0.2) is 0 Å². The van der Waals surface area contributed by atoms with Crippen LogP contribution in [-0.2, 0) is 30.2 Å². The first kappa shape index (κ1) is 30.4. The molecule has 12 atom stereocenters. The molecule has 1 saturated heterocycles. The fourth-order valence-electron chi connectivity index (χ4n) is 12.0. The molecule has 1 aliphatic heterocycles. The Labute approximate surface area is 259 Å². The first-order valence-corrected chi connectivity index (χ1v) is 16.4. The van der Waals surface area contributed by atoms with E-state index in [-0.39, 0.29) is 54.8 Å². The molecule has 7 bridgehead atoms. The minimum Gasteiger partial charge on any atom is -0.461 e. The Kier molecular flexibility index (Phi) is 7.15. The van der Waals surface area contributed by atoms with Gasteiger partial charge < -0.3 is 29.2 Å². The van der Waals surface area contributed by atoms with Gasteiger partial charge in [0, 0.05) is 50.0 Å². The van der Waals surface area contributed by atoms with Crippen molar-refractivity contribution in [1.82, 2.24) is 4.90 Å². The van der Waals surface area contributed by atoms with Crippen molar-refractivity contribution in [3.63, 3.8) is 0 Å². The zero-order chi connectivity index (χ0) is 31.2. The van der Waals surface area contributed by atoms with Crippen molar-refractivity contribution in [3.05, 3.63) is 48.0 Å². The van der Waals surface area contributed by atoms with E-state index < -0.39 is 40.3 Å². The third-order valence-corrected chi connectivity index (χ3v) is 13.2. The molecule has 0 aromatic heterocycles. The summed E-state index contributed by atoms with van der Waals surface area (Å²) in [5.74, 6) is -1.13. The Balaban J connectivity index is 1.32. The van der Waals surface area contributed by atoms with E-state index in [4.69, 9.17) is 18.9 Å². The number of methoxy groups -OCH3 is 2. The molecular formula is C35H47NO8. The summed E-state index contributed by atoms with van der Waals surface area (Å²) in [6, 6.07) is 7.06. The molecule has 9 heteroatoms. The number of piperidine rings is 1. The van der Waals surface area contributed by atoms with E-state index in [1.54, 1.807) is 38.5 Å². The van der Waals surface area contributed by atoms with Crippen LogP contribution >= 0.6 is 0 Å². The monoisotopic (exact) mass is 609 g/mol. The number of rotatable bonds is 9. The number of esters is 2. The van der Waals surface area contributed by atoms with Crippen molar-refractivity contribution < 1.29 is 38.7 Å². The minimum atomic E-state index is -1.41. The van der Waals surface area contributed by atoms with E-state index in [0.29, 0.717) is 43.4 Å². The van der Waals surface area contributed by atoms with Gasteiger partial charge in [0.1, 0.15) is 23.4 Å². The molecule has 5 aliphatic carbocycles. The number of likely N-dealkylation sites (tertiary alicyclic amines) is 1. The SMILES string of the molecule is C=CCOC(=O)Cc1ccccc1C(=O)O[C@@]12CC[C@H](OC)C34C1CC([C@H]3N(CC)C2)[C@@]1(O)C[C@H](C)[C@H]2CC4[C@]1(O)[C@H]2OC. The van der Waals surface area contributed by atoms with Gasteiger partial charge in [0.05, 0.1) is 24.2 Å². The molecule has 6 fully saturated rings. The summed E-state index contributed by atoms with van der Waals surface area (Å²) >= 11 is 0. The van der Waals surface area contributed by atoms with Crippen LogP contribution in [0.5, 0.6) is 0 Å². The van der Waals surface area contributed by atoms with Crippen molar-refractivity contribution in [1.29, 1.82) is 0 Å². The topological polar surface area (TPSA) is 115 Å². The zero-order valence-corrected chi connectivity index (χ0v) is 26.4. The number of ether oxygens (including phenoxy) is 4. The van der Waals surface area contributed by atoms with Gasteiger partial charge in [0.2, 0.25) is 0 Å². The molecule has 6 aliphatic rings. The lowest BCUT2D eigenvalue weighted by Crippen LogP contribution is -2.83. The van der Waals surface area contributed by atoms with Crippen LogP contribution in [0.25, 0.3) is 0 Å². The molecule has 9 nitrogen and oxygen atoms in total. The van der Waals surface area contributed by atoms with E-state index >= 15 is 0 Å². The second-order valence-corrected chi connectivity index (χ2v) is 14.5. The predicted octanol–water partition coefficient (Wildman–Crippen LogP) is 3.16. The van der Waals surface area contributed by atoms with Crippen LogP contribution in [0.3, 0.4) is 0 Å². The third kappa shape index (κ3) is 3.59. The Bertz CT molecular complexity index is 1350.